The number of phenols is 1. The fourth-order valence-corrected chi connectivity index (χ4v) is 1.95. The molecule has 1 aromatic rings. The molecule has 2 N–H and O–H groups in total. The fourth-order valence-electron chi connectivity index (χ4n) is 1.95. The standard InChI is InChI=1S/C11H12N2O/c12-6-4-10-8-2-1-3-11(14)9(8)5-7-13-10/h1-3,10,13-14H,4-5,7H2. The van der Waals surface area contributed by atoms with Crippen molar-refractivity contribution in [3.63, 3.8) is 0 Å². The summed E-state index contributed by atoms with van der Waals surface area (Å²) in [5.74, 6) is 0.354. The van der Waals surface area contributed by atoms with Crippen molar-refractivity contribution in [2.75, 3.05) is 6.54 Å². The van der Waals surface area contributed by atoms with E-state index >= 15 is 0 Å². The first-order chi connectivity index (χ1) is 6.83. The van der Waals surface area contributed by atoms with E-state index in [1.807, 2.05) is 12.1 Å². The number of nitrogens with zero attached hydrogens (tertiary/aromatic N) is 1. The molecule has 0 radical (unpaired) electrons. The molecule has 1 atom stereocenters. The second-order valence-corrected chi connectivity index (χ2v) is 3.46. The Labute approximate surface area is 83.0 Å². The average molecular weight is 188 g/mol. The summed E-state index contributed by atoms with van der Waals surface area (Å²) >= 11 is 0. The Hall–Kier alpha value is -1.53. The maximum Gasteiger partial charge on any atom is 0.119 e. The smallest absolute Gasteiger partial charge is 0.119 e. The lowest BCUT2D eigenvalue weighted by Gasteiger charge is -2.25. The molecule has 0 spiro atoms. The first-order valence-electron chi connectivity index (χ1n) is 4.74. The van der Waals surface area contributed by atoms with Gasteiger partial charge in [-0.2, -0.15) is 5.26 Å². The largest absolute Gasteiger partial charge is 0.508 e. The highest BCUT2D eigenvalue weighted by atomic mass is 16.3. The van der Waals surface area contributed by atoms with E-state index in [1.54, 1.807) is 6.07 Å². The minimum absolute atomic E-state index is 0.0795. The number of benzene rings is 1. The van der Waals surface area contributed by atoms with Crippen molar-refractivity contribution in [3.8, 4) is 11.8 Å². The third-order valence-corrected chi connectivity index (χ3v) is 2.62. The van der Waals surface area contributed by atoms with Crippen LogP contribution in [0, 0.1) is 11.3 Å². The van der Waals surface area contributed by atoms with Crippen LogP contribution in [0.2, 0.25) is 0 Å². The lowest BCUT2D eigenvalue weighted by Crippen LogP contribution is -2.29. The van der Waals surface area contributed by atoms with Crippen LogP contribution < -0.4 is 5.32 Å². The second-order valence-electron chi connectivity index (χ2n) is 3.46. The normalized spacial score (nSPS) is 19.8. The first kappa shape index (κ1) is 9.04. The molecule has 3 nitrogen and oxygen atoms in total. The van der Waals surface area contributed by atoms with Gasteiger partial charge >= 0.3 is 0 Å². The molecular weight excluding hydrogens is 176 g/mol. The van der Waals surface area contributed by atoms with Gasteiger partial charge in [-0.15, -0.1) is 0 Å². The van der Waals surface area contributed by atoms with E-state index in [9.17, 15) is 5.11 Å². The third-order valence-electron chi connectivity index (χ3n) is 2.62. The van der Waals surface area contributed by atoms with Crippen LogP contribution in [0.1, 0.15) is 23.6 Å². The summed E-state index contributed by atoms with van der Waals surface area (Å²) in [6.45, 7) is 0.830. The molecule has 1 aliphatic heterocycles. The van der Waals surface area contributed by atoms with Crippen LogP contribution in [-0.4, -0.2) is 11.7 Å². The number of hydrogen-bond donors (Lipinski definition) is 2. The number of nitrogens with one attached hydrogen (secondary N) is 1. The van der Waals surface area contributed by atoms with Crippen LogP contribution >= 0.6 is 0 Å². The van der Waals surface area contributed by atoms with Crippen LogP contribution in [0.15, 0.2) is 18.2 Å². The Morgan fingerprint density at radius 1 is 1.57 bits per heavy atom. The first-order valence-corrected chi connectivity index (χ1v) is 4.74. The second kappa shape index (κ2) is 3.69. The maximum atomic E-state index is 9.63. The highest BCUT2D eigenvalue weighted by Gasteiger charge is 2.20. The van der Waals surface area contributed by atoms with Gasteiger partial charge in [0, 0.05) is 6.04 Å². The summed E-state index contributed by atoms with van der Waals surface area (Å²) in [7, 11) is 0. The summed E-state index contributed by atoms with van der Waals surface area (Å²) < 4.78 is 0. The third kappa shape index (κ3) is 1.45. The van der Waals surface area contributed by atoms with Gasteiger partial charge in [0.2, 0.25) is 0 Å². The SMILES string of the molecule is N#CCC1NCCc2c(O)cccc21. The molecule has 0 aromatic heterocycles. The molecule has 1 aromatic carbocycles. The summed E-state index contributed by atoms with van der Waals surface area (Å²) in [6.07, 6.45) is 1.29. The van der Waals surface area contributed by atoms with Crippen LogP contribution in [-0.2, 0) is 6.42 Å². The van der Waals surface area contributed by atoms with Crippen LogP contribution in [0.5, 0.6) is 5.75 Å². The lowest BCUT2D eigenvalue weighted by atomic mass is 9.92. The fraction of sp³-hybridized carbons (Fsp3) is 0.364. The Balaban J connectivity index is 2.40. The van der Waals surface area contributed by atoms with Gasteiger partial charge in [-0.1, -0.05) is 12.1 Å². The van der Waals surface area contributed by atoms with Crippen molar-refractivity contribution in [2.24, 2.45) is 0 Å². The molecule has 0 fully saturated rings. The van der Waals surface area contributed by atoms with Gasteiger partial charge in [0.15, 0.2) is 0 Å². The van der Waals surface area contributed by atoms with Gasteiger partial charge in [0.25, 0.3) is 0 Å². The van der Waals surface area contributed by atoms with Crippen molar-refractivity contribution in [3.05, 3.63) is 29.3 Å². The number of nitriles is 1. The molecule has 3 heteroatoms. The summed E-state index contributed by atoms with van der Waals surface area (Å²) in [5, 5.41) is 21.6. The van der Waals surface area contributed by atoms with Gasteiger partial charge in [0.05, 0.1) is 12.5 Å². The predicted molar refractivity (Wildman–Crippen MR) is 52.8 cm³/mol. The predicted octanol–water partition coefficient (Wildman–Crippen LogP) is 1.49. The summed E-state index contributed by atoms with van der Waals surface area (Å²) in [4.78, 5) is 0. The Morgan fingerprint density at radius 3 is 3.21 bits per heavy atom. The van der Waals surface area contributed by atoms with E-state index in [2.05, 4.69) is 11.4 Å². The minimum Gasteiger partial charge on any atom is -0.508 e. The van der Waals surface area contributed by atoms with E-state index in [0.717, 1.165) is 24.1 Å². The van der Waals surface area contributed by atoms with Gasteiger partial charge < -0.3 is 10.4 Å². The van der Waals surface area contributed by atoms with Crippen molar-refractivity contribution >= 4 is 0 Å². The minimum atomic E-state index is 0.0795. The molecule has 1 unspecified atom stereocenters. The number of rotatable bonds is 1. The van der Waals surface area contributed by atoms with Crippen molar-refractivity contribution in [1.29, 1.82) is 5.26 Å². The van der Waals surface area contributed by atoms with Gasteiger partial charge in [0.1, 0.15) is 5.75 Å². The number of hydrogen-bond acceptors (Lipinski definition) is 3. The summed E-state index contributed by atoms with van der Waals surface area (Å²) in [5.41, 5.74) is 2.06. The van der Waals surface area contributed by atoms with Crippen molar-refractivity contribution < 1.29 is 5.11 Å². The van der Waals surface area contributed by atoms with E-state index in [0.29, 0.717) is 12.2 Å². The number of phenolic OH excluding ortho intramolecular Hbond substituents is 1. The Kier molecular flexibility index (Phi) is 2.38. The molecule has 2 rings (SSSR count). The quantitative estimate of drug-likeness (QED) is 0.702. The molecule has 0 aliphatic carbocycles. The lowest BCUT2D eigenvalue weighted by molar-refractivity contribution is 0.447. The molecule has 14 heavy (non-hydrogen) atoms. The molecule has 0 saturated carbocycles. The summed E-state index contributed by atoms with van der Waals surface area (Å²) in [6, 6.07) is 7.74. The van der Waals surface area contributed by atoms with Crippen LogP contribution in [0.25, 0.3) is 0 Å². The topological polar surface area (TPSA) is 56.0 Å². The maximum absolute atomic E-state index is 9.63. The monoisotopic (exact) mass is 188 g/mol. The Morgan fingerprint density at radius 2 is 2.43 bits per heavy atom. The van der Waals surface area contributed by atoms with Gasteiger partial charge in [-0.3, -0.25) is 0 Å². The zero-order valence-electron chi connectivity index (χ0n) is 7.83. The van der Waals surface area contributed by atoms with E-state index < -0.39 is 0 Å². The van der Waals surface area contributed by atoms with Gasteiger partial charge in [-0.25, -0.2) is 0 Å². The van der Waals surface area contributed by atoms with Crippen molar-refractivity contribution in [1.82, 2.24) is 5.32 Å². The molecule has 1 aliphatic rings. The Bertz CT molecular complexity index is 381. The van der Waals surface area contributed by atoms with E-state index in [-0.39, 0.29) is 6.04 Å². The molecule has 0 saturated heterocycles. The van der Waals surface area contributed by atoms with E-state index in [4.69, 9.17) is 5.26 Å². The zero-order chi connectivity index (χ0) is 9.97. The molecular formula is C11H12N2O. The van der Waals surface area contributed by atoms with Crippen molar-refractivity contribution in [2.45, 2.75) is 18.9 Å². The zero-order valence-corrected chi connectivity index (χ0v) is 7.83. The highest BCUT2D eigenvalue weighted by molar-refractivity contribution is 5.42. The van der Waals surface area contributed by atoms with Crippen LogP contribution in [0.4, 0.5) is 0 Å². The van der Waals surface area contributed by atoms with Crippen LogP contribution in [0.3, 0.4) is 0 Å². The van der Waals surface area contributed by atoms with Gasteiger partial charge in [-0.05, 0) is 30.2 Å². The molecule has 72 valence electrons. The number of aromatic hydroxyl groups is 1. The highest BCUT2D eigenvalue weighted by Crippen LogP contribution is 2.30. The van der Waals surface area contributed by atoms with E-state index in [1.165, 1.54) is 0 Å². The molecule has 0 amide bonds. The molecule has 1 heterocycles. The molecule has 0 bridgehead atoms. The average Bonchev–Trinajstić information content (AvgIpc) is 2.20. The number of fused-ring (bicyclic) bond motifs is 1.